The first-order chi connectivity index (χ1) is 11.0. The first kappa shape index (κ1) is 16.5. The van der Waals surface area contributed by atoms with Crippen LogP contribution >= 0.6 is 0 Å². The quantitative estimate of drug-likeness (QED) is 0.803. The second kappa shape index (κ2) is 7.40. The number of anilines is 1. The fraction of sp³-hybridized carbons (Fsp3) is 0.176. The van der Waals surface area contributed by atoms with Gasteiger partial charge in [0.15, 0.2) is 0 Å². The van der Waals surface area contributed by atoms with Crippen LogP contribution in [-0.4, -0.2) is 17.0 Å². The van der Waals surface area contributed by atoms with Gasteiger partial charge in [-0.2, -0.15) is 0 Å². The molecule has 0 bridgehead atoms. The maximum Gasteiger partial charge on any atom is 0.315 e. The number of benzene rings is 2. The Hall–Kier alpha value is -2.89. The van der Waals surface area contributed by atoms with Crippen molar-refractivity contribution in [2.75, 3.05) is 5.32 Å². The molecule has 0 spiro atoms. The van der Waals surface area contributed by atoms with E-state index in [-0.39, 0.29) is 12.4 Å². The normalized spacial score (nSPS) is 11.6. The van der Waals surface area contributed by atoms with E-state index < -0.39 is 17.8 Å². The number of carboxylic acid groups (broad SMARTS) is 1. The van der Waals surface area contributed by atoms with E-state index in [9.17, 15) is 14.0 Å². The van der Waals surface area contributed by atoms with Crippen LogP contribution in [0.2, 0.25) is 0 Å². The van der Waals surface area contributed by atoms with Crippen LogP contribution in [0.3, 0.4) is 0 Å². The maximum absolute atomic E-state index is 13.1. The summed E-state index contributed by atoms with van der Waals surface area (Å²) in [4.78, 5) is 22.3. The van der Waals surface area contributed by atoms with Crippen LogP contribution in [0.15, 0.2) is 48.5 Å². The first-order valence-electron chi connectivity index (χ1n) is 6.96. The van der Waals surface area contributed by atoms with Crippen molar-refractivity contribution in [1.29, 1.82) is 0 Å². The van der Waals surface area contributed by atoms with Gasteiger partial charge < -0.3 is 15.2 Å². The number of ether oxygens (including phenoxy) is 1. The lowest BCUT2D eigenvalue weighted by Crippen LogP contribution is -2.26. The minimum atomic E-state index is -1.18. The summed E-state index contributed by atoms with van der Waals surface area (Å²) >= 11 is 0. The van der Waals surface area contributed by atoms with Crippen molar-refractivity contribution >= 4 is 17.6 Å². The van der Waals surface area contributed by atoms with Gasteiger partial charge in [-0.1, -0.05) is 12.1 Å². The highest BCUT2D eigenvalue weighted by Gasteiger charge is 2.20. The summed E-state index contributed by atoms with van der Waals surface area (Å²) < 4.78 is 18.6. The van der Waals surface area contributed by atoms with Crippen LogP contribution in [-0.2, 0) is 16.2 Å². The van der Waals surface area contributed by atoms with Crippen molar-refractivity contribution < 1.29 is 23.8 Å². The lowest BCUT2D eigenvalue weighted by molar-refractivity contribution is -0.144. The smallest absolute Gasteiger partial charge is 0.315 e. The Labute approximate surface area is 132 Å². The average molecular weight is 317 g/mol. The summed E-state index contributed by atoms with van der Waals surface area (Å²) in [5, 5.41) is 11.3. The van der Waals surface area contributed by atoms with E-state index in [1.807, 2.05) is 0 Å². The zero-order valence-corrected chi connectivity index (χ0v) is 12.5. The molecule has 1 atom stereocenters. The number of carboxylic acids is 1. The molecule has 2 N–H and O–H groups in total. The fourth-order valence-corrected chi connectivity index (χ4v) is 1.79. The molecule has 6 heteroatoms. The second-order valence-corrected chi connectivity index (χ2v) is 4.99. The van der Waals surface area contributed by atoms with Crippen molar-refractivity contribution in [2.24, 2.45) is 5.92 Å². The Bertz CT molecular complexity index is 700. The largest absolute Gasteiger partial charge is 0.489 e. The van der Waals surface area contributed by atoms with Crippen molar-refractivity contribution in [3.63, 3.8) is 0 Å². The summed E-state index contributed by atoms with van der Waals surface area (Å²) in [6.45, 7) is 1.54. The third kappa shape index (κ3) is 4.81. The van der Waals surface area contributed by atoms with Gasteiger partial charge in [-0.05, 0) is 48.9 Å². The lowest BCUT2D eigenvalue weighted by Gasteiger charge is -2.10. The molecule has 120 valence electrons. The predicted molar refractivity (Wildman–Crippen MR) is 82.6 cm³/mol. The molecule has 2 aromatic rings. The van der Waals surface area contributed by atoms with Gasteiger partial charge in [-0.3, -0.25) is 9.59 Å². The molecule has 0 saturated heterocycles. The summed E-state index contributed by atoms with van der Waals surface area (Å²) in [6.07, 6.45) is 0. The van der Waals surface area contributed by atoms with Crippen molar-refractivity contribution in [3.8, 4) is 5.75 Å². The Kier molecular flexibility index (Phi) is 5.30. The molecule has 0 aromatic heterocycles. The van der Waals surface area contributed by atoms with Gasteiger partial charge in [-0.15, -0.1) is 0 Å². The van der Waals surface area contributed by atoms with Crippen molar-refractivity contribution in [1.82, 2.24) is 0 Å². The summed E-state index contributed by atoms with van der Waals surface area (Å²) in [6, 6.07) is 12.6. The summed E-state index contributed by atoms with van der Waals surface area (Å²) in [5.74, 6) is -2.67. The number of hydrogen-bond acceptors (Lipinski definition) is 3. The molecule has 0 radical (unpaired) electrons. The van der Waals surface area contributed by atoms with E-state index in [4.69, 9.17) is 9.84 Å². The number of amides is 1. The predicted octanol–water partition coefficient (Wildman–Crippen LogP) is 3.06. The topological polar surface area (TPSA) is 75.6 Å². The third-order valence-corrected chi connectivity index (χ3v) is 3.18. The van der Waals surface area contributed by atoms with Gasteiger partial charge in [0, 0.05) is 5.69 Å². The standard InChI is InChI=1S/C17H16FNO4/c1-11(17(21)22)16(20)19-14-5-7-15(8-6-14)23-10-12-3-2-4-13(18)9-12/h2-9,11H,10H2,1H3,(H,19,20)(H,21,22). The minimum absolute atomic E-state index is 0.222. The van der Waals surface area contributed by atoms with Crippen LogP contribution in [0.4, 0.5) is 10.1 Å². The number of nitrogens with one attached hydrogen (secondary N) is 1. The fourth-order valence-electron chi connectivity index (χ4n) is 1.79. The molecule has 1 unspecified atom stereocenters. The molecule has 1 amide bonds. The van der Waals surface area contributed by atoms with Crippen LogP contribution in [0.1, 0.15) is 12.5 Å². The number of aliphatic carboxylic acids is 1. The number of carbonyl (C=O) groups excluding carboxylic acids is 1. The van der Waals surface area contributed by atoms with Gasteiger partial charge in [0.2, 0.25) is 5.91 Å². The van der Waals surface area contributed by atoms with Crippen LogP contribution in [0.25, 0.3) is 0 Å². The molecular weight excluding hydrogens is 301 g/mol. The van der Waals surface area contributed by atoms with Gasteiger partial charge in [0.05, 0.1) is 0 Å². The van der Waals surface area contributed by atoms with Crippen molar-refractivity contribution in [2.45, 2.75) is 13.5 Å². The van der Waals surface area contributed by atoms with E-state index in [2.05, 4.69) is 5.32 Å². The number of hydrogen-bond donors (Lipinski definition) is 2. The first-order valence-corrected chi connectivity index (χ1v) is 6.96. The monoisotopic (exact) mass is 317 g/mol. The summed E-state index contributed by atoms with van der Waals surface area (Å²) in [7, 11) is 0. The lowest BCUT2D eigenvalue weighted by atomic mass is 10.1. The van der Waals surface area contributed by atoms with Crippen LogP contribution < -0.4 is 10.1 Å². The van der Waals surface area contributed by atoms with E-state index in [1.54, 1.807) is 36.4 Å². The number of halogens is 1. The highest BCUT2D eigenvalue weighted by molar-refractivity contribution is 6.03. The van der Waals surface area contributed by atoms with Crippen LogP contribution in [0, 0.1) is 11.7 Å². The molecule has 0 aliphatic carbocycles. The summed E-state index contributed by atoms with van der Waals surface area (Å²) in [5.41, 5.74) is 1.18. The minimum Gasteiger partial charge on any atom is -0.489 e. The zero-order chi connectivity index (χ0) is 16.8. The molecule has 2 rings (SSSR count). The second-order valence-electron chi connectivity index (χ2n) is 4.99. The van der Waals surface area contributed by atoms with E-state index in [0.717, 1.165) is 0 Å². The van der Waals surface area contributed by atoms with Crippen molar-refractivity contribution in [3.05, 3.63) is 59.9 Å². The maximum atomic E-state index is 13.1. The molecule has 0 saturated carbocycles. The van der Waals surface area contributed by atoms with E-state index >= 15 is 0 Å². The highest BCUT2D eigenvalue weighted by Crippen LogP contribution is 2.18. The van der Waals surface area contributed by atoms with E-state index in [1.165, 1.54) is 19.1 Å². The molecule has 0 aliphatic heterocycles. The average Bonchev–Trinajstić information content (AvgIpc) is 2.53. The van der Waals surface area contributed by atoms with Gasteiger partial charge in [0.1, 0.15) is 24.1 Å². The molecule has 23 heavy (non-hydrogen) atoms. The van der Waals surface area contributed by atoms with Gasteiger partial charge in [-0.25, -0.2) is 4.39 Å². The Morgan fingerprint density at radius 3 is 2.52 bits per heavy atom. The number of rotatable bonds is 6. The van der Waals surface area contributed by atoms with Gasteiger partial charge in [0.25, 0.3) is 0 Å². The molecule has 0 aliphatic rings. The molecule has 0 fully saturated rings. The Morgan fingerprint density at radius 2 is 1.91 bits per heavy atom. The van der Waals surface area contributed by atoms with Gasteiger partial charge >= 0.3 is 5.97 Å². The van der Waals surface area contributed by atoms with Crippen LogP contribution in [0.5, 0.6) is 5.75 Å². The molecular formula is C17H16FNO4. The highest BCUT2D eigenvalue weighted by atomic mass is 19.1. The third-order valence-electron chi connectivity index (χ3n) is 3.18. The molecule has 0 heterocycles. The Balaban J connectivity index is 1.92. The Morgan fingerprint density at radius 1 is 1.22 bits per heavy atom. The van der Waals surface area contributed by atoms with E-state index in [0.29, 0.717) is 17.0 Å². The zero-order valence-electron chi connectivity index (χ0n) is 12.5. The SMILES string of the molecule is CC(C(=O)O)C(=O)Nc1ccc(OCc2cccc(F)c2)cc1. The molecule has 5 nitrogen and oxygen atoms in total. The number of carbonyl (C=O) groups is 2. The molecule has 2 aromatic carbocycles.